The molecule has 2 aromatic carbocycles. The van der Waals surface area contributed by atoms with Crippen molar-refractivity contribution in [2.75, 3.05) is 11.9 Å². The zero-order valence-corrected chi connectivity index (χ0v) is 10.6. The lowest BCUT2D eigenvalue weighted by Crippen LogP contribution is -2.29. The summed E-state index contributed by atoms with van der Waals surface area (Å²) >= 11 is 0. The lowest BCUT2D eigenvalue weighted by atomic mass is 10.1. The van der Waals surface area contributed by atoms with Crippen molar-refractivity contribution >= 4 is 22.6 Å². The molecule has 1 amide bonds. The molecule has 0 aliphatic carbocycles. The standard InChI is InChI=1S/C15H16N2O2/c18-15(19-14-9-4-10-16-14)17-13-8-3-6-11-5-1-2-7-12(11)13/h1-3,5-8,14,16H,4,9-10H2,(H,17,18). The number of amides is 1. The molecule has 4 nitrogen and oxygen atoms in total. The Bertz CT molecular complexity index is 586. The molecule has 1 aliphatic rings. The van der Waals surface area contributed by atoms with Crippen LogP contribution in [0, 0.1) is 0 Å². The molecule has 0 spiro atoms. The molecular weight excluding hydrogens is 240 g/mol. The summed E-state index contributed by atoms with van der Waals surface area (Å²) in [7, 11) is 0. The molecule has 1 unspecified atom stereocenters. The Morgan fingerprint density at radius 2 is 2.05 bits per heavy atom. The molecule has 2 N–H and O–H groups in total. The van der Waals surface area contributed by atoms with Gasteiger partial charge in [-0.15, -0.1) is 0 Å². The van der Waals surface area contributed by atoms with Crippen LogP contribution in [0.25, 0.3) is 10.8 Å². The Labute approximate surface area is 111 Å². The van der Waals surface area contributed by atoms with Crippen LogP contribution in [0.5, 0.6) is 0 Å². The number of fused-ring (bicyclic) bond motifs is 1. The molecule has 0 aromatic heterocycles. The topological polar surface area (TPSA) is 50.4 Å². The minimum absolute atomic E-state index is 0.157. The van der Waals surface area contributed by atoms with Crippen molar-refractivity contribution in [2.24, 2.45) is 0 Å². The highest BCUT2D eigenvalue weighted by Gasteiger charge is 2.18. The molecule has 4 heteroatoms. The molecule has 1 fully saturated rings. The Kier molecular flexibility index (Phi) is 3.33. The summed E-state index contributed by atoms with van der Waals surface area (Å²) in [5, 5.41) is 8.05. The van der Waals surface area contributed by atoms with Gasteiger partial charge in [0.25, 0.3) is 0 Å². The van der Waals surface area contributed by atoms with Crippen LogP contribution in [0.2, 0.25) is 0 Å². The average Bonchev–Trinajstić information content (AvgIpc) is 2.92. The van der Waals surface area contributed by atoms with Crippen LogP contribution in [0.3, 0.4) is 0 Å². The van der Waals surface area contributed by atoms with E-state index >= 15 is 0 Å². The molecule has 0 bridgehead atoms. The molecule has 1 atom stereocenters. The predicted molar refractivity (Wildman–Crippen MR) is 75.1 cm³/mol. The van der Waals surface area contributed by atoms with Gasteiger partial charge in [-0.25, -0.2) is 4.79 Å². The number of nitrogens with one attached hydrogen (secondary N) is 2. The summed E-state index contributed by atoms with van der Waals surface area (Å²) in [6.45, 7) is 0.909. The predicted octanol–water partition coefficient (Wildman–Crippen LogP) is 3.10. The largest absolute Gasteiger partial charge is 0.430 e. The van der Waals surface area contributed by atoms with Gasteiger partial charge in [0.15, 0.2) is 6.23 Å². The Morgan fingerprint density at radius 1 is 1.21 bits per heavy atom. The second-order valence-electron chi connectivity index (χ2n) is 4.64. The third-order valence-electron chi connectivity index (χ3n) is 3.29. The number of hydrogen-bond acceptors (Lipinski definition) is 3. The first-order valence-corrected chi connectivity index (χ1v) is 6.52. The van der Waals surface area contributed by atoms with Gasteiger partial charge in [0.2, 0.25) is 0 Å². The van der Waals surface area contributed by atoms with E-state index in [1.807, 2.05) is 42.5 Å². The fourth-order valence-corrected chi connectivity index (χ4v) is 2.36. The molecule has 3 rings (SSSR count). The third-order valence-corrected chi connectivity index (χ3v) is 3.29. The van der Waals surface area contributed by atoms with Crippen molar-refractivity contribution < 1.29 is 9.53 Å². The fourth-order valence-electron chi connectivity index (χ4n) is 2.36. The number of carbonyl (C=O) groups is 1. The SMILES string of the molecule is O=C(Nc1cccc2ccccc12)OC1CCCN1. The van der Waals surface area contributed by atoms with E-state index in [2.05, 4.69) is 10.6 Å². The summed E-state index contributed by atoms with van der Waals surface area (Å²) in [5.41, 5.74) is 0.779. The summed E-state index contributed by atoms with van der Waals surface area (Å²) in [5.74, 6) is 0. The number of ether oxygens (including phenoxy) is 1. The van der Waals surface area contributed by atoms with Gasteiger partial charge in [-0.1, -0.05) is 36.4 Å². The number of carbonyl (C=O) groups excluding carboxylic acids is 1. The maximum Gasteiger partial charge on any atom is 0.413 e. The van der Waals surface area contributed by atoms with Crippen molar-refractivity contribution in [2.45, 2.75) is 19.1 Å². The summed E-state index contributed by atoms with van der Waals surface area (Å²) in [4.78, 5) is 11.8. The molecule has 0 radical (unpaired) electrons. The van der Waals surface area contributed by atoms with Gasteiger partial charge < -0.3 is 4.74 Å². The molecular formula is C15H16N2O2. The summed E-state index contributed by atoms with van der Waals surface area (Å²) in [6, 6.07) is 13.8. The zero-order valence-electron chi connectivity index (χ0n) is 10.6. The number of hydrogen-bond donors (Lipinski definition) is 2. The van der Waals surface area contributed by atoms with E-state index in [0.29, 0.717) is 0 Å². The van der Waals surface area contributed by atoms with Crippen molar-refractivity contribution in [1.29, 1.82) is 0 Å². The van der Waals surface area contributed by atoms with Gasteiger partial charge >= 0.3 is 6.09 Å². The van der Waals surface area contributed by atoms with Crippen molar-refractivity contribution in [1.82, 2.24) is 5.32 Å². The third kappa shape index (κ3) is 2.69. The van der Waals surface area contributed by atoms with Crippen molar-refractivity contribution in [3.05, 3.63) is 42.5 Å². The molecule has 98 valence electrons. The molecule has 1 aliphatic heterocycles. The van der Waals surface area contributed by atoms with Crippen LogP contribution in [-0.2, 0) is 4.74 Å². The van der Waals surface area contributed by atoms with E-state index in [-0.39, 0.29) is 6.23 Å². The molecule has 1 heterocycles. The van der Waals surface area contributed by atoms with Gasteiger partial charge in [0, 0.05) is 5.39 Å². The first-order chi connectivity index (χ1) is 9.33. The maximum atomic E-state index is 11.8. The first-order valence-electron chi connectivity index (χ1n) is 6.52. The summed E-state index contributed by atoms with van der Waals surface area (Å²) in [6.07, 6.45) is 1.36. The first kappa shape index (κ1) is 12.0. The second-order valence-corrected chi connectivity index (χ2v) is 4.64. The van der Waals surface area contributed by atoms with Gasteiger partial charge in [-0.3, -0.25) is 10.6 Å². The van der Waals surface area contributed by atoms with Crippen LogP contribution >= 0.6 is 0 Å². The number of anilines is 1. The Balaban J connectivity index is 1.75. The monoisotopic (exact) mass is 256 g/mol. The highest BCUT2D eigenvalue weighted by Crippen LogP contribution is 2.23. The normalized spacial score (nSPS) is 18.4. The van der Waals surface area contributed by atoms with E-state index in [1.165, 1.54) is 0 Å². The molecule has 0 saturated carbocycles. The maximum absolute atomic E-state index is 11.8. The smallest absolute Gasteiger partial charge is 0.413 e. The van der Waals surface area contributed by atoms with Crippen molar-refractivity contribution in [3.63, 3.8) is 0 Å². The molecule has 2 aromatic rings. The highest BCUT2D eigenvalue weighted by molar-refractivity contribution is 6.00. The van der Waals surface area contributed by atoms with Crippen LogP contribution in [0.1, 0.15) is 12.8 Å². The van der Waals surface area contributed by atoms with Gasteiger partial charge in [0.05, 0.1) is 5.69 Å². The average molecular weight is 256 g/mol. The summed E-state index contributed by atoms with van der Waals surface area (Å²) < 4.78 is 5.30. The number of rotatable bonds is 2. The number of benzene rings is 2. The van der Waals surface area contributed by atoms with E-state index in [4.69, 9.17) is 4.74 Å². The lowest BCUT2D eigenvalue weighted by molar-refractivity contribution is 0.102. The fraction of sp³-hybridized carbons (Fsp3) is 0.267. The Morgan fingerprint density at radius 3 is 2.89 bits per heavy atom. The lowest BCUT2D eigenvalue weighted by Gasteiger charge is -2.13. The second kappa shape index (κ2) is 5.28. The van der Waals surface area contributed by atoms with E-state index in [0.717, 1.165) is 35.8 Å². The molecule has 1 saturated heterocycles. The van der Waals surface area contributed by atoms with E-state index in [9.17, 15) is 4.79 Å². The van der Waals surface area contributed by atoms with Crippen LogP contribution in [-0.4, -0.2) is 18.9 Å². The quantitative estimate of drug-likeness (QED) is 0.868. The van der Waals surface area contributed by atoms with E-state index in [1.54, 1.807) is 0 Å². The minimum atomic E-state index is -0.407. The highest BCUT2D eigenvalue weighted by atomic mass is 16.6. The van der Waals surface area contributed by atoms with Gasteiger partial charge in [-0.05, 0) is 30.8 Å². The van der Waals surface area contributed by atoms with Crippen LogP contribution < -0.4 is 10.6 Å². The zero-order chi connectivity index (χ0) is 13.1. The van der Waals surface area contributed by atoms with E-state index < -0.39 is 6.09 Å². The van der Waals surface area contributed by atoms with Crippen LogP contribution in [0.15, 0.2) is 42.5 Å². The van der Waals surface area contributed by atoms with Gasteiger partial charge in [-0.2, -0.15) is 0 Å². The minimum Gasteiger partial charge on any atom is -0.430 e. The van der Waals surface area contributed by atoms with Crippen LogP contribution in [0.4, 0.5) is 10.5 Å². The van der Waals surface area contributed by atoms with Crippen molar-refractivity contribution in [3.8, 4) is 0 Å². The Hall–Kier alpha value is -2.07. The van der Waals surface area contributed by atoms with Gasteiger partial charge in [0.1, 0.15) is 0 Å². The molecule has 19 heavy (non-hydrogen) atoms.